The fourth-order valence-corrected chi connectivity index (χ4v) is 4.00. The molecule has 1 atom stereocenters. The maximum atomic E-state index is 13.1. The van der Waals surface area contributed by atoms with Gasteiger partial charge in [-0.3, -0.25) is 9.78 Å². The van der Waals surface area contributed by atoms with Crippen LogP contribution >= 0.6 is 11.3 Å². The van der Waals surface area contributed by atoms with Crippen LogP contribution in [0.1, 0.15) is 29.9 Å². The van der Waals surface area contributed by atoms with E-state index in [-0.39, 0.29) is 18.4 Å². The van der Waals surface area contributed by atoms with Crippen LogP contribution in [-0.2, 0) is 22.5 Å². The van der Waals surface area contributed by atoms with Gasteiger partial charge >= 0.3 is 0 Å². The van der Waals surface area contributed by atoms with Gasteiger partial charge in [0.05, 0.1) is 23.1 Å². The van der Waals surface area contributed by atoms with E-state index in [0.29, 0.717) is 30.4 Å². The van der Waals surface area contributed by atoms with Crippen LogP contribution in [0.15, 0.2) is 46.5 Å². The monoisotopic (exact) mass is 397 g/mol. The van der Waals surface area contributed by atoms with E-state index in [1.807, 2.05) is 41.5 Å². The maximum Gasteiger partial charge on any atom is 0.236 e. The molecule has 0 N–H and O–H groups in total. The van der Waals surface area contributed by atoms with Crippen molar-refractivity contribution in [3.05, 3.63) is 59.1 Å². The van der Waals surface area contributed by atoms with Crippen molar-refractivity contribution in [3.8, 4) is 10.8 Å². The molecule has 1 fully saturated rings. The molecule has 4 rings (SSSR count). The Morgan fingerprint density at radius 3 is 3.00 bits per heavy atom. The molecular formula is C21H23N3O3S. The minimum atomic E-state index is 0.0217. The zero-order chi connectivity index (χ0) is 19.3. The molecule has 0 saturated carbocycles. The molecule has 7 heteroatoms. The molecular weight excluding hydrogens is 374 g/mol. The van der Waals surface area contributed by atoms with E-state index in [2.05, 4.69) is 9.97 Å². The molecule has 1 aliphatic rings. The lowest BCUT2D eigenvalue weighted by Crippen LogP contribution is -2.38. The van der Waals surface area contributed by atoms with E-state index in [1.54, 1.807) is 23.7 Å². The summed E-state index contributed by atoms with van der Waals surface area (Å²) in [6.07, 6.45) is 5.88. The van der Waals surface area contributed by atoms with Crippen molar-refractivity contribution >= 4 is 17.2 Å². The molecule has 1 saturated heterocycles. The molecule has 6 nitrogen and oxygen atoms in total. The number of pyridine rings is 1. The van der Waals surface area contributed by atoms with Gasteiger partial charge in [0, 0.05) is 32.1 Å². The van der Waals surface area contributed by atoms with Crippen molar-refractivity contribution in [2.24, 2.45) is 0 Å². The van der Waals surface area contributed by atoms with E-state index in [9.17, 15) is 4.79 Å². The number of hydrogen-bond donors (Lipinski definition) is 0. The van der Waals surface area contributed by atoms with Gasteiger partial charge in [-0.2, -0.15) is 0 Å². The van der Waals surface area contributed by atoms with Crippen molar-refractivity contribution in [3.63, 3.8) is 0 Å². The number of ether oxygens (including phenoxy) is 1. The number of thiophene rings is 1. The lowest BCUT2D eigenvalue weighted by molar-refractivity contribution is -0.132. The highest BCUT2D eigenvalue weighted by atomic mass is 32.1. The third-order valence-electron chi connectivity index (χ3n) is 4.84. The largest absolute Gasteiger partial charge is 0.440 e. The van der Waals surface area contributed by atoms with Crippen LogP contribution in [0.4, 0.5) is 0 Å². The summed E-state index contributed by atoms with van der Waals surface area (Å²) >= 11 is 1.57. The number of nitrogens with zero attached hydrogens (tertiary/aromatic N) is 3. The van der Waals surface area contributed by atoms with Crippen LogP contribution in [0.5, 0.6) is 0 Å². The lowest BCUT2D eigenvalue weighted by Gasteiger charge is -2.25. The normalized spacial score (nSPS) is 16.4. The van der Waals surface area contributed by atoms with Crippen molar-refractivity contribution < 1.29 is 13.9 Å². The van der Waals surface area contributed by atoms with Gasteiger partial charge in [-0.05, 0) is 42.8 Å². The van der Waals surface area contributed by atoms with Crippen molar-refractivity contribution in [1.82, 2.24) is 14.9 Å². The van der Waals surface area contributed by atoms with Crippen molar-refractivity contribution in [1.29, 1.82) is 0 Å². The Morgan fingerprint density at radius 2 is 2.29 bits per heavy atom. The van der Waals surface area contributed by atoms with Crippen molar-refractivity contribution in [2.75, 3.05) is 13.2 Å². The average Bonchev–Trinajstić information content (AvgIpc) is 3.45. The highest BCUT2D eigenvalue weighted by molar-refractivity contribution is 7.13. The molecule has 3 aromatic rings. The average molecular weight is 398 g/mol. The first-order valence-electron chi connectivity index (χ1n) is 9.47. The summed E-state index contributed by atoms with van der Waals surface area (Å²) in [5, 5.41) is 1.98. The van der Waals surface area contributed by atoms with Gasteiger partial charge in [0.1, 0.15) is 5.76 Å². The molecule has 0 radical (unpaired) electrons. The predicted molar refractivity (Wildman–Crippen MR) is 107 cm³/mol. The summed E-state index contributed by atoms with van der Waals surface area (Å²) in [6, 6.07) is 7.80. The Labute approximate surface area is 168 Å². The number of hydrogen-bond acceptors (Lipinski definition) is 6. The fraction of sp³-hybridized carbons (Fsp3) is 0.381. The van der Waals surface area contributed by atoms with Gasteiger partial charge in [-0.25, -0.2) is 4.98 Å². The Balaban J connectivity index is 1.50. The topological polar surface area (TPSA) is 68.5 Å². The standard InChI is InChI=1S/C21H23N3O3S/c1-15-18(23-21(27-15)19-7-4-10-28-19)11-20(25)24(14-17-6-3-9-26-17)13-16-5-2-8-22-12-16/h2,4-5,7-8,10,12,17H,3,6,9,11,13-14H2,1H3. The number of aromatic nitrogens is 2. The molecule has 0 spiro atoms. The van der Waals surface area contributed by atoms with Crippen molar-refractivity contribution in [2.45, 2.75) is 38.8 Å². The van der Waals surface area contributed by atoms with E-state index in [0.717, 1.165) is 29.9 Å². The van der Waals surface area contributed by atoms with Gasteiger partial charge in [0.25, 0.3) is 0 Å². The Morgan fingerprint density at radius 1 is 1.36 bits per heavy atom. The highest BCUT2D eigenvalue weighted by Crippen LogP contribution is 2.26. The first-order valence-corrected chi connectivity index (χ1v) is 10.4. The summed E-state index contributed by atoms with van der Waals surface area (Å²) in [7, 11) is 0. The Bertz CT molecular complexity index is 902. The number of carbonyl (C=O) groups is 1. The summed E-state index contributed by atoms with van der Waals surface area (Å²) in [6.45, 7) is 3.73. The van der Waals surface area contributed by atoms with Crippen LogP contribution in [0, 0.1) is 6.92 Å². The second-order valence-electron chi connectivity index (χ2n) is 6.95. The maximum absolute atomic E-state index is 13.1. The smallest absolute Gasteiger partial charge is 0.236 e. The molecule has 3 aromatic heterocycles. The summed E-state index contributed by atoms with van der Waals surface area (Å²) in [5.74, 6) is 1.29. The van der Waals surface area contributed by atoms with Gasteiger partial charge < -0.3 is 14.1 Å². The Kier molecular flexibility index (Phi) is 5.83. The first kappa shape index (κ1) is 18.8. The summed E-state index contributed by atoms with van der Waals surface area (Å²) < 4.78 is 11.5. The molecule has 146 valence electrons. The molecule has 1 amide bonds. The number of amides is 1. The first-order chi connectivity index (χ1) is 13.7. The zero-order valence-corrected chi connectivity index (χ0v) is 16.7. The van der Waals surface area contributed by atoms with E-state index in [1.165, 1.54) is 0 Å². The second kappa shape index (κ2) is 8.67. The second-order valence-corrected chi connectivity index (χ2v) is 7.89. The molecule has 0 bridgehead atoms. The SMILES string of the molecule is Cc1oc(-c2cccs2)nc1CC(=O)N(Cc1cccnc1)CC1CCCO1. The van der Waals surface area contributed by atoms with Crippen LogP contribution in [0.2, 0.25) is 0 Å². The number of rotatable bonds is 7. The van der Waals surface area contributed by atoms with Gasteiger partial charge in [0.15, 0.2) is 0 Å². The van der Waals surface area contributed by atoms with E-state index < -0.39 is 0 Å². The zero-order valence-electron chi connectivity index (χ0n) is 15.8. The molecule has 28 heavy (non-hydrogen) atoms. The van der Waals surface area contributed by atoms with Gasteiger partial charge in [-0.1, -0.05) is 12.1 Å². The minimum absolute atomic E-state index is 0.0217. The van der Waals surface area contributed by atoms with Gasteiger partial charge in [-0.15, -0.1) is 11.3 Å². The van der Waals surface area contributed by atoms with Crippen LogP contribution in [0.25, 0.3) is 10.8 Å². The minimum Gasteiger partial charge on any atom is -0.440 e. The quantitative estimate of drug-likeness (QED) is 0.606. The number of oxazole rings is 1. The third kappa shape index (κ3) is 4.48. The summed E-state index contributed by atoms with van der Waals surface area (Å²) in [5.41, 5.74) is 1.70. The lowest BCUT2D eigenvalue weighted by atomic mass is 10.1. The van der Waals surface area contributed by atoms with Gasteiger partial charge in [0.2, 0.25) is 11.8 Å². The number of carbonyl (C=O) groups excluding carboxylic acids is 1. The van der Waals surface area contributed by atoms with Crippen LogP contribution < -0.4 is 0 Å². The third-order valence-corrected chi connectivity index (χ3v) is 5.70. The molecule has 1 unspecified atom stereocenters. The predicted octanol–water partition coefficient (Wildman–Crippen LogP) is 3.86. The van der Waals surface area contributed by atoms with E-state index >= 15 is 0 Å². The molecule has 0 aromatic carbocycles. The van der Waals surface area contributed by atoms with Crippen LogP contribution in [0.3, 0.4) is 0 Å². The molecule has 1 aliphatic heterocycles. The molecule has 4 heterocycles. The molecule has 0 aliphatic carbocycles. The van der Waals surface area contributed by atoms with Crippen LogP contribution in [-0.4, -0.2) is 40.0 Å². The highest BCUT2D eigenvalue weighted by Gasteiger charge is 2.24. The van der Waals surface area contributed by atoms with E-state index in [4.69, 9.17) is 9.15 Å². The summed E-state index contributed by atoms with van der Waals surface area (Å²) in [4.78, 5) is 24.7. The fourth-order valence-electron chi connectivity index (χ4n) is 3.35. The number of aryl methyl sites for hydroxylation is 1. The Hall–Kier alpha value is -2.51.